The van der Waals surface area contributed by atoms with Gasteiger partial charge in [-0.15, -0.1) is 0 Å². The van der Waals surface area contributed by atoms with Crippen LogP contribution in [0.2, 0.25) is 0 Å². The Kier molecular flexibility index (Phi) is 3.85. The molecular formula is C16H16O3. The molecule has 0 aliphatic rings. The van der Waals surface area contributed by atoms with Crippen LogP contribution in [0.15, 0.2) is 42.5 Å². The summed E-state index contributed by atoms with van der Waals surface area (Å²) in [5, 5.41) is 9.03. The van der Waals surface area contributed by atoms with Crippen molar-refractivity contribution in [2.45, 2.75) is 13.3 Å². The van der Waals surface area contributed by atoms with E-state index in [0.717, 1.165) is 12.0 Å². The highest BCUT2D eigenvalue weighted by atomic mass is 16.5. The lowest BCUT2D eigenvalue weighted by atomic mass is 10.0. The fourth-order valence-electron chi connectivity index (χ4n) is 1.96. The van der Waals surface area contributed by atoms with E-state index in [2.05, 4.69) is 31.2 Å². The molecule has 0 aromatic heterocycles. The Morgan fingerprint density at radius 3 is 2.32 bits per heavy atom. The average Bonchev–Trinajstić information content (AvgIpc) is 2.41. The van der Waals surface area contributed by atoms with E-state index in [1.807, 2.05) is 6.07 Å². The van der Waals surface area contributed by atoms with Gasteiger partial charge in [0.05, 0.1) is 7.11 Å². The van der Waals surface area contributed by atoms with Crippen LogP contribution in [0.4, 0.5) is 0 Å². The van der Waals surface area contributed by atoms with E-state index in [1.165, 1.54) is 18.2 Å². The lowest BCUT2D eigenvalue weighted by Crippen LogP contribution is -2.01. The van der Waals surface area contributed by atoms with E-state index in [0.29, 0.717) is 5.75 Å². The second kappa shape index (κ2) is 5.57. The third kappa shape index (κ3) is 3.13. The average molecular weight is 256 g/mol. The number of carboxylic acids is 1. The molecule has 2 aromatic carbocycles. The summed E-state index contributed by atoms with van der Waals surface area (Å²) in [7, 11) is 1.48. The van der Waals surface area contributed by atoms with Crippen molar-refractivity contribution in [2.75, 3.05) is 7.11 Å². The van der Waals surface area contributed by atoms with Gasteiger partial charge < -0.3 is 9.84 Å². The first-order valence-corrected chi connectivity index (χ1v) is 6.06. The monoisotopic (exact) mass is 256 g/mol. The zero-order valence-electron chi connectivity index (χ0n) is 11.0. The lowest BCUT2D eigenvalue weighted by molar-refractivity contribution is 0.0693. The minimum Gasteiger partial charge on any atom is -0.496 e. The van der Waals surface area contributed by atoms with Crippen LogP contribution < -0.4 is 4.74 Å². The fourth-order valence-corrected chi connectivity index (χ4v) is 1.96. The Hall–Kier alpha value is -2.29. The number of benzene rings is 2. The van der Waals surface area contributed by atoms with E-state index < -0.39 is 5.97 Å². The molecule has 19 heavy (non-hydrogen) atoms. The molecule has 0 saturated heterocycles. The highest BCUT2D eigenvalue weighted by Gasteiger charge is 2.11. The molecule has 0 aliphatic heterocycles. The first kappa shape index (κ1) is 13.1. The summed E-state index contributed by atoms with van der Waals surface area (Å²) in [6.07, 6.45) is 0.760. The third-order valence-electron chi connectivity index (χ3n) is 3.03. The highest BCUT2D eigenvalue weighted by molar-refractivity contribution is 5.91. The molecule has 0 aliphatic carbocycles. The van der Waals surface area contributed by atoms with Gasteiger partial charge in [-0.05, 0) is 36.6 Å². The first-order valence-electron chi connectivity index (χ1n) is 6.06. The SMILES string of the molecule is COc1cc(Cc2ccc(C)cc2)ccc1C(=O)O. The number of methoxy groups -OCH3 is 1. The topological polar surface area (TPSA) is 46.5 Å². The van der Waals surface area contributed by atoms with Crippen molar-refractivity contribution >= 4 is 5.97 Å². The van der Waals surface area contributed by atoms with Gasteiger partial charge in [-0.2, -0.15) is 0 Å². The zero-order valence-corrected chi connectivity index (χ0v) is 11.0. The molecule has 0 atom stereocenters. The number of carbonyl (C=O) groups is 1. The van der Waals surface area contributed by atoms with Crippen LogP contribution in [0.3, 0.4) is 0 Å². The summed E-state index contributed by atoms with van der Waals surface area (Å²) in [6.45, 7) is 2.05. The molecule has 0 bridgehead atoms. The Bertz CT molecular complexity index is 585. The molecule has 0 radical (unpaired) electrons. The van der Waals surface area contributed by atoms with E-state index >= 15 is 0 Å². The van der Waals surface area contributed by atoms with E-state index in [-0.39, 0.29) is 5.56 Å². The van der Waals surface area contributed by atoms with Crippen molar-refractivity contribution in [2.24, 2.45) is 0 Å². The standard InChI is InChI=1S/C16H16O3/c1-11-3-5-12(6-4-11)9-13-7-8-14(16(17)18)15(10-13)19-2/h3-8,10H,9H2,1-2H3,(H,17,18). The minimum atomic E-state index is -0.973. The van der Waals surface area contributed by atoms with Crippen LogP contribution in [0, 0.1) is 6.92 Å². The lowest BCUT2D eigenvalue weighted by Gasteiger charge is -2.08. The van der Waals surface area contributed by atoms with Gasteiger partial charge in [0.2, 0.25) is 0 Å². The minimum absolute atomic E-state index is 0.190. The summed E-state index contributed by atoms with van der Waals surface area (Å²) < 4.78 is 5.12. The summed E-state index contributed by atoms with van der Waals surface area (Å²) in [4.78, 5) is 11.0. The van der Waals surface area contributed by atoms with E-state index in [9.17, 15) is 4.79 Å². The van der Waals surface area contributed by atoms with Crippen molar-refractivity contribution in [1.29, 1.82) is 0 Å². The predicted molar refractivity (Wildman–Crippen MR) is 73.9 cm³/mol. The second-order valence-electron chi connectivity index (χ2n) is 4.50. The van der Waals surface area contributed by atoms with Crippen LogP contribution in [0.1, 0.15) is 27.0 Å². The number of hydrogen-bond acceptors (Lipinski definition) is 2. The quantitative estimate of drug-likeness (QED) is 0.913. The summed E-state index contributed by atoms with van der Waals surface area (Å²) in [5.74, 6) is -0.573. The first-order chi connectivity index (χ1) is 9.10. The Morgan fingerprint density at radius 1 is 1.11 bits per heavy atom. The number of aromatic carboxylic acids is 1. The van der Waals surface area contributed by atoms with Gasteiger partial charge in [0.1, 0.15) is 11.3 Å². The molecule has 2 rings (SSSR count). The maximum Gasteiger partial charge on any atom is 0.339 e. The van der Waals surface area contributed by atoms with Crippen molar-refractivity contribution < 1.29 is 14.6 Å². The smallest absolute Gasteiger partial charge is 0.339 e. The highest BCUT2D eigenvalue weighted by Crippen LogP contribution is 2.22. The predicted octanol–water partition coefficient (Wildman–Crippen LogP) is 3.29. The van der Waals surface area contributed by atoms with Crippen LogP contribution in [-0.2, 0) is 6.42 Å². The van der Waals surface area contributed by atoms with Crippen molar-refractivity contribution in [3.8, 4) is 5.75 Å². The largest absolute Gasteiger partial charge is 0.496 e. The van der Waals surface area contributed by atoms with Crippen molar-refractivity contribution in [3.63, 3.8) is 0 Å². The van der Waals surface area contributed by atoms with Gasteiger partial charge in [-0.25, -0.2) is 4.79 Å². The fraction of sp³-hybridized carbons (Fsp3) is 0.188. The number of rotatable bonds is 4. The molecule has 3 nitrogen and oxygen atoms in total. The second-order valence-corrected chi connectivity index (χ2v) is 4.50. The molecule has 3 heteroatoms. The van der Waals surface area contributed by atoms with Gasteiger partial charge in [0.25, 0.3) is 0 Å². The zero-order chi connectivity index (χ0) is 13.8. The molecule has 98 valence electrons. The normalized spacial score (nSPS) is 10.2. The summed E-state index contributed by atoms with van der Waals surface area (Å²) >= 11 is 0. The third-order valence-corrected chi connectivity index (χ3v) is 3.03. The molecular weight excluding hydrogens is 240 g/mol. The van der Waals surface area contributed by atoms with Crippen LogP contribution in [0.5, 0.6) is 5.75 Å². The van der Waals surface area contributed by atoms with Gasteiger partial charge >= 0.3 is 5.97 Å². The molecule has 0 unspecified atom stereocenters. The molecule has 0 spiro atoms. The Morgan fingerprint density at radius 2 is 1.74 bits per heavy atom. The molecule has 0 saturated carbocycles. The van der Waals surface area contributed by atoms with Gasteiger partial charge in [0.15, 0.2) is 0 Å². The van der Waals surface area contributed by atoms with Gasteiger partial charge in [0, 0.05) is 0 Å². The van der Waals surface area contributed by atoms with Crippen LogP contribution in [0.25, 0.3) is 0 Å². The summed E-state index contributed by atoms with van der Waals surface area (Å²) in [5.41, 5.74) is 3.64. The maximum absolute atomic E-state index is 11.0. The Labute approximate surface area is 112 Å². The van der Waals surface area contributed by atoms with Gasteiger partial charge in [-0.3, -0.25) is 0 Å². The molecule has 0 amide bonds. The molecule has 2 aromatic rings. The molecule has 0 fully saturated rings. The Balaban J connectivity index is 2.26. The van der Waals surface area contributed by atoms with Crippen molar-refractivity contribution in [1.82, 2.24) is 0 Å². The summed E-state index contributed by atoms with van der Waals surface area (Å²) in [6, 6.07) is 13.5. The van der Waals surface area contributed by atoms with Crippen molar-refractivity contribution in [3.05, 3.63) is 64.7 Å². The number of ether oxygens (including phenoxy) is 1. The van der Waals surface area contributed by atoms with Crippen LogP contribution >= 0.6 is 0 Å². The number of carboxylic acid groups (broad SMARTS) is 1. The van der Waals surface area contributed by atoms with Crippen LogP contribution in [-0.4, -0.2) is 18.2 Å². The van der Waals surface area contributed by atoms with Gasteiger partial charge in [-0.1, -0.05) is 35.9 Å². The van der Waals surface area contributed by atoms with E-state index in [4.69, 9.17) is 9.84 Å². The number of hydrogen-bond donors (Lipinski definition) is 1. The van der Waals surface area contributed by atoms with E-state index in [1.54, 1.807) is 12.1 Å². The number of aryl methyl sites for hydroxylation is 1. The molecule has 0 heterocycles. The molecule has 1 N–H and O–H groups in total. The maximum atomic E-state index is 11.0.